The number of fused-ring (bicyclic) bond motifs is 1. The molecule has 0 bridgehead atoms. The Morgan fingerprint density at radius 1 is 1.06 bits per heavy atom. The normalized spacial score (nSPS) is 20.9. The van der Waals surface area contributed by atoms with E-state index in [2.05, 4.69) is 4.90 Å². The molecule has 0 aromatic carbocycles. The Labute approximate surface area is 184 Å². The highest BCUT2D eigenvalue weighted by atomic mass is 16.5. The maximum absolute atomic E-state index is 13.7. The molecule has 31 heavy (non-hydrogen) atoms. The Morgan fingerprint density at radius 3 is 2.58 bits per heavy atom. The molecular weight excluding hydrogens is 398 g/mol. The van der Waals surface area contributed by atoms with Crippen molar-refractivity contribution in [2.24, 2.45) is 0 Å². The number of hydrogen-bond donors (Lipinski definition) is 0. The Hall–Kier alpha value is -1.90. The summed E-state index contributed by atoms with van der Waals surface area (Å²) in [5, 5.41) is 0. The van der Waals surface area contributed by atoms with Crippen LogP contribution < -0.4 is 10.3 Å². The van der Waals surface area contributed by atoms with Crippen LogP contribution >= 0.6 is 0 Å². The van der Waals surface area contributed by atoms with Crippen LogP contribution in [0.15, 0.2) is 10.9 Å². The summed E-state index contributed by atoms with van der Waals surface area (Å²) in [5.41, 5.74) is 1.11. The van der Waals surface area contributed by atoms with Gasteiger partial charge in [0.15, 0.2) is 0 Å². The van der Waals surface area contributed by atoms with Crippen LogP contribution in [0.2, 0.25) is 0 Å². The molecule has 0 N–H and O–H groups in total. The van der Waals surface area contributed by atoms with Crippen molar-refractivity contribution in [3.8, 4) is 5.75 Å². The molecule has 0 radical (unpaired) electrons. The number of methoxy groups -OCH3 is 1. The van der Waals surface area contributed by atoms with E-state index in [9.17, 15) is 9.59 Å². The summed E-state index contributed by atoms with van der Waals surface area (Å²) in [6.07, 6.45) is 7.07. The molecule has 4 rings (SSSR count). The van der Waals surface area contributed by atoms with Crippen LogP contribution in [-0.2, 0) is 22.4 Å². The molecule has 1 aliphatic carbocycles. The quantitative estimate of drug-likeness (QED) is 0.634. The van der Waals surface area contributed by atoms with Crippen LogP contribution in [0, 0.1) is 0 Å². The lowest BCUT2D eigenvalue weighted by Crippen LogP contribution is -2.52. The van der Waals surface area contributed by atoms with Crippen LogP contribution in [0.1, 0.15) is 48.2 Å². The molecule has 1 aromatic heterocycles. The predicted molar refractivity (Wildman–Crippen MR) is 117 cm³/mol. The van der Waals surface area contributed by atoms with Crippen LogP contribution in [-0.4, -0.2) is 86.0 Å². The average molecular weight is 434 g/mol. The second kappa shape index (κ2) is 10.6. The summed E-state index contributed by atoms with van der Waals surface area (Å²) in [6.45, 7) is 5.37. The lowest BCUT2D eigenvalue weighted by molar-refractivity contribution is 0.0516. The summed E-state index contributed by atoms with van der Waals surface area (Å²) in [6, 6.07) is 2.12. The van der Waals surface area contributed by atoms with Gasteiger partial charge >= 0.3 is 0 Å². The number of nitrogens with zero attached hydrogens (tertiary/aromatic N) is 3. The van der Waals surface area contributed by atoms with Crippen molar-refractivity contribution in [2.75, 3.05) is 59.7 Å². The van der Waals surface area contributed by atoms with Gasteiger partial charge in [0, 0.05) is 64.1 Å². The van der Waals surface area contributed by atoms with E-state index in [0.29, 0.717) is 69.8 Å². The molecule has 8 nitrogen and oxygen atoms in total. The predicted octanol–water partition coefficient (Wildman–Crippen LogP) is 1.54. The van der Waals surface area contributed by atoms with E-state index in [4.69, 9.17) is 14.2 Å². The molecule has 8 heteroatoms. The summed E-state index contributed by atoms with van der Waals surface area (Å²) in [5.74, 6) is 0.330. The van der Waals surface area contributed by atoms with Gasteiger partial charge in [-0.15, -0.1) is 0 Å². The number of carbonyl (C=O) groups is 1. The molecule has 2 aliphatic heterocycles. The Kier molecular flexibility index (Phi) is 7.63. The zero-order valence-corrected chi connectivity index (χ0v) is 18.6. The first kappa shape index (κ1) is 22.3. The van der Waals surface area contributed by atoms with E-state index in [0.717, 1.165) is 18.8 Å². The SMILES string of the molecule is COCCOc1cc(=O)n2c(c1C(=O)N1CCN(C3CCCCC3)CC1)CCOCC2. The van der Waals surface area contributed by atoms with Crippen LogP contribution in [0.4, 0.5) is 0 Å². The number of piperazine rings is 1. The number of aromatic nitrogens is 1. The van der Waals surface area contributed by atoms with Crippen molar-refractivity contribution < 1.29 is 19.0 Å². The minimum absolute atomic E-state index is 0.0404. The third-order valence-corrected chi connectivity index (χ3v) is 6.78. The van der Waals surface area contributed by atoms with Crippen molar-refractivity contribution in [2.45, 2.75) is 51.1 Å². The van der Waals surface area contributed by atoms with Gasteiger partial charge in [0.25, 0.3) is 11.5 Å². The Bertz CT molecular complexity index is 810. The van der Waals surface area contributed by atoms with Crippen LogP contribution in [0.3, 0.4) is 0 Å². The smallest absolute Gasteiger partial charge is 0.259 e. The van der Waals surface area contributed by atoms with Gasteiger partial charge in [-0.2, -0.15) is 0 Å². The highest BCUT2D eigenvalue weighted by molar-refractivity contribution is 5.98. The van der Waals surface area contributed by atoms with Gasteiger partial charge in [-0.3, -0.25) is 14.5 Å². The molecule has 1 saturated carbocycles. The summed E-state index contributed by atoms with van der Waals surface area (Å²) in [4.78, 5) is 30.9. The lowest BCUT2D eigenvalue weighted by Gasteiger charge is -2.41. The van der Waals surface area contributed by atoms with Gasteiger partial charge in [-0.05, 0) is 12.8 Å². The first-order chi connectivity index (χ1) is 15.2. The number of ether oxygens (including phenoxy) is 3. The molecule has 1 amide bonds. The second-order valence-corrected chi connectivity index (χ2v) is 8.64. The summed E-state index contributed by atoms with van der Waals surface area (Å²) >= 11 is 0. The molecule has 3 heterocycles. The topological polar surface area (TPSA) is 73.2 Å². The van der Waals surface area contributed by atoms with Crippen molar-refractivity contribution in [3.63, 3.8) is 0 Å². The third-order valence-electron chi connectivity index (χ3n) is 6.78. The van der Waals surface area contributed by atoms with E-state index >= 15 is 0 Å². The van der Waals surface area contributed by atoms with E-state index < -0.39 is 0 Å². The zero-order chi connectivity index (χ0) is 21.6. The Morgan fingerprint density at radius 2 is 1.84 bits per heavy atom. The van der Waals surface area contributed by atoms with Gasteiger partial charge in [0.2, 0.25) is 0 Å². The highest BCUT2D eigenvalue weighted by Gasteiger charge is 2.31. The van der Waals surface area contributed by atoms with Crippen molar-refractivity contribution in [1.82, 2.24) is 14.4 Å². The van der Waals surface area contributed by atoms with Gasteiger partial charge in [-0.25, -0.2) is 0 Å². The molecule has 0 atom stereocenters. The molecule has 1 saturated heterocycles. The number of pyridine rings is 1. The van der Waals surface area contributed by atoms with Crippen molar-refractivity contribution in [1.29, 1.82) is 0 Å². The fraction of sp³-hybridized carbons (Fsp3) is 0.739. The number of hydrogen-bond acceptors (Lipinski definition) is 6. The van der Waals surface area contributed by atoms with Gasteiger partial charge in [0.05, 0.1) is 19.8 Å². The maximum atomic E-state index is 13.7. The summed E-state index contributed by atoms with van der Waals surface area (Å²) < 4.78 is 18.2. The minimum Gasteiger partial charge on any atom is -0.490 e. The third kappa shape index (κ3) is 5.13. The van der Waals surface area contributed by atoms with E-state index in [1.165, 1.54) is 38.2 Å². The Balaban J connectivity index is 1.55. The van der Waals surface area contributed by atoms with Gasteiger partial charge < -0.3 is 23.7 Å². The first-order valence-corrected chi connectivity index (χ1v) is 11.7. The molecular formula is C23H35N3O5. The molecule has 1 aromatic rings. The number of amides is 1. The van der Waals surface area contributed by atoms with Crippen LogP contribution in [0.25, 0.3) is 0 Å². The van der Waals surface area contributed by atoms with E-state index in [1.807, 2.05) is 4.90 Å². The van der Waals surface area contributed by atoms with Crippen molar-refractivity contribution >= 4 is 5.91 Å². The van der Waals surface area contributed by atoms with Crippen molar-refractivity contribution in [3.05, 3.63) is 27.7 Å². The largest absolute Gasteiger partial charge is 0.490 e. The highest BCUT2D eigenvalue weighted by Crippen LogP contribution is 2.27. The fourth-order valence-electron chi connectivity index (χ4n) is 5.08. The standard InChI is InChI=1S/C23H35N3O5/c1-29-15-16-31-20-17-21(27)26-12-14-30-13-7-19(26)22(20)23(28)25-10-8-24(9-11-25)18-5-3-2-4-6-18/h17-18H,2-16H2,1H3. The average Bonchev–Trinajstić information content (AvgIpc) is 3.06. The summed E-state index contributed by atoms with van der Waals surface area (Å²) in [7, 11) is 1.60. The number of rotatable bonds is 6. The molecule has 172 valence electrons. The molecule has 0 spiro atoms. The molecule has 3 aliphatic rings. The molecule has 0 unspecified atom stereocenters. The first-order valence-electron chi connectivity index (χ1n) is 11.7. The van der Waals surface area contributed by atoms with Gasteiger partial charge in [0.1, 0.15) is 17.9 Å². The minimum atomic E-state index is -0.147. The monoisotopic (exact) mass is 433 g/mol. The van der Waals surface area contributed by atoms with E-state index in [1.54, 1.807) is 11.7 Å². The fourth-order valence-corrected chi connectivity index (χ4v) is 5.08. The van der Waals surface area contributed by atoms with Crippen LogP contribution in [0.5, 0.6) is 5.75 Å². The lowest BCUT2D eigenvalue weighted by atomic mass is 9.94. The number of carbonyl (C=O) groups excluding carboxylic acids is 1. The van der Waals surface area contributed by atoms with Gasteiger partial charge in [-0.1, -0.05) is 19.3 Å². The zero-order valence-electron chi connectivity index (χ0n) is 18.6. The van der Waals surface area contributed by atoms with E-state index in [-0.39, 0.29) is 11.5 Å². The maximum Gasteiger partial charge on any atom is 0.259 e. The molecule has 2 fully saturated rings. The second-order valence-electron chi connectivity index (χ2n) is 8.64.